The summed E-state index contributed by atoms with van der Waals surface area (Å²) in [6.07, 6.45) is -1.17. The molecule has 12 heteroatoms. The monoisotopic (exact) mass is 430 g/mol. The van der Waals surface area contributed by atoms with Gasteiger partial charge >= 0.3 is 6.09 Å². The zero-order valence-corrected chi connectivity index (χ0v) is 15.6. The molecule has 1 aliphatic rings. The first-order chi connectivity index (χ1) is 14.3. The van der Waals surface area contributed by atoms with Crippen LogP contribution in [0.3, 0.4) is 0 Å². The van der Waals surface area contributed by atoms with Crippen LogP contribution in [0.15, 0.2) is 47.5 Å². The van der Waals surface area contributed by atoms with Crippen molar-refractivity contribution < 1.29 is 19.1 Å². The number of pyridine rings is 1. The maximum absolute atomic E-state index is 13.7. The number of fused-ring (bicyclic) bond motifs is 1. The topological polar surface area (TPSA) is 138 Å². The second kappa shape index (κ2) is 7.44. The SMILES string of the molecule is O=C(O)Nc1cc(Nc2cc(Cl)c3n(c2=O)C(c2cccc(F)c2)NC3=O)ncn1. The molecule has 1 aliphatic heterocycles. The smallest absolute Gasteiger partial charge is 0.410 e. The highest BCUT2D eigenvalue weighted by atomic mass is 35.5. The zero-order valence-electron chi connectivity index (χ0n) is 14.9. The first-order valence-electron chi connectivity index (χ1n) is 8.44. The minimum absolute atomic E-state index is 0.00792. The van der Waals surface area contributed by atoms with E-state index < -0.39 is 29.5 Å². The number of carbonyl (C=O) groups is 2. The normalized spacial score (nSPS) is 14.7. The number of anilines is 3. The van der Waals surface area contributed by atoms with Crippen LogP contribution in [0.4, 0.5) is 26.5 Å². The van der Waals surface area contributed by atoms with Crippen LogP contribution in [0, 0.1) is 5.82 Å². The Labute approximate surface area is 172 Å². The molecule has 30 heavy (non-hydrogen) atoms. The molecule has 0 fully saturated rings. The van der Waals surface area contributed by atoms with E-state index in [1.54, 1.807) is 6.07 Å². The Morgan fingerprint density at radius 2 is 1.97 bits per heavy atom. The van der Waals surface area contributed by atoms with Crippen LogP contribution in [0.5, 0.6) is 0 Å². The molecule has 0 spiro atoms. The van der Waals surface area contributed by atoms with Gasteiger partial charge in [0.05, 0.1) is 5.02 Å². The summed E-state index contributed by atoms with van der Waals surface area (Å²) in [5.74, 6) is -1.00. The largest absolute Gasteiger partial charge is 0.465 e. The number of hydrogen-bond acceptors (Lipinski definition) is 6. The number of nitrogens with one attached hydrogen (secondary N) is 3. The van der Waals surface area contributed by atoms with E-state index in [2.05, 4.69) is 25.9 Å². The van der Waals surface area contributed by atoms with Gasteiger partial charge in [-0.25, -0.2) is 19.2 Å². The molecule has 1 atom stereocenters. The fourth-order valence-electron chi connectivity index (χ4n) is 3.06. The molecular formula is C18H12ClFN6O4. The summed E-state index contributed by atoms with van der Waals surface area (Å²) < 4.78 is 14.8. The number of carboxylic acid groups (broad SMARTS) is 1. The Bertz CT molecular complexity index is 1250. The number of carbonyl (C=O) groups excluding carboxylic acids is 1. The van der Waals surface area contributed by atoms with Crippen LogP contribution in [-0.4, -0.2) is 31.6 Å². The lowest BCUT2D eigenvalue weighted by atomic mass is 10.1. The van der Waals surface area contributed by atoms with Crippen molar-refractivity contribution in [2.24, 2.45) is 0 Å². The van der Waals surface area contributed by atoms with Gasteiger partial charge in [0.15, 0.2) is 0 Å². The lowest BCUT2D eigenvalue weighted by Gasteiger charge is -2.16. The van der Waals surface area contributed by atoms with Gasteiger partial charge < -0.3 is 15.7 Å². The number of rotatable bonds is 4. The molecule has 0 bridgehead atoms. The van der Waals surface area contributed by atoms with Crippen molar-refractivity contribution in [3.05, 3.63) is 75.2 Å². The van der Waals surface area contributed by atoms with E-state index in [-0.39, 0.29) is 28.0 Å². The molecule has 0 saturated carbocycles. The van der Waals surface area contributed by atoms with Gasteiger partial charge in [-0.05, 0) is 23.8 Å². The van der Waals surface area contributed by atoms with Crippen LogP contribution in [0.25, 0.3) is 0 Å². The van der Waals surface area contributed by atoms with E-state index in [0.717, 1.165) is 10.9 Å². The van der Waals surface area contributed by atoms with Gasteiger partial charge in [0.2, 0.25) is 0 Å². The number of amides is 2. The summed E-state index contributed by atoms with van der Waals surface area (Å²) in [5.41, 5.74) is -0.347. The summed E-state index contributed by atoms with van der Waals surface area (Å²) >= 11 is 6.23. The van der Waals surface area contributed by atoms with Crippen LogP contribution in [0.2, 0.25) is 5.02 Å². The number of halogens is 2. The van der Waals surface area contributed by atoms with E-state index in [0.29, 0.717) is 5.56 Å². The van der Waals surface area contributed by atoms with Crippen LogP contribution in [-0.2, 0) is 0 Å². The summed E-state index contributed by atoms with van der Waals surface area (Å²) in [4.78, 5) is 43.9. The molecule has 0 saturated heterocycles. The number of hydrogen-bond donors (Lipinski definition) is 4. The molecule has 3 aromatic rings. The van der Waals surface area contributed by atoms with Crippen molar-refractivity contribution >= 4 is 40.9 Å². The van der Waals surface area contributed by atoms with Crippen molar-refractivity contribution in [2.45, 2.75) is 6.17 Å². The second-order valence-electron chi connectivity index (χ2n) is 6.20. The molecule has 0 aliphatic carbocycles. The number of nitrogens with zero attached hydrogens (tertiary/aromatic N) is 3. The fraction of sp³-hybridized carbons (Fsp3) is 0.0556. The predicted octanol–water partition coefficient (Wildman–Crippen LogP) is 2.55. The highest BCUT2D eigenvalue weighted by Gasteiger charge is 2.34. The molecule has 4 N–H and O–H groups in total. The summed E-state index contributed by atoms with van der Waals surface area (Å²) in [6, 6.07) is 8.00. The molecule has 1 aromatic carbocycles. The van der Waals surface area contributed by atoms with Gasteiger partial charge in [0, 0.05) is 6.07 Å². The molecule has 10 nitrogen and oxygen atoms in total. The van der Waals surface area contributed by atoms with E-state index in [9.17, 15) is 18.8 Å². The van der Waals surface area contributed by atoms with Crippen molar-refractivity contribution in [1.29, 1.82) is 0 Å². The molecular weight excluding hydrogens is 419 g/mol. The van der Waals surface area contributed by atoms with Gasteiger partial charge in [-0.3, -0.25) is 19.5 Å². The van der Waals surface area contributed by atoms with Gasteiger partial charge in [-0.1, -0.05) is 23.7 Å². The fourth-order valence-corrected chi connectivity index (χ4v) is 3.35. The highest BCUT2D eigenvalue weighted by molar-refractivity contribution is 6.34. The predicted molar refractivity (Wildman–Crippen MR) is 105 cm³/mol. The van der Waals surface area contributed by atoms with Crippen molar-refractivity contribution in [3.8, 4) is 0 Å². The number of benzene rings is 1. The lowest BCUT2D eigenvalue weighted by Crippen LogP contribution is -2.29. The summed E-state index contributed by atoms with van der Waals surface area (Å²) in [6.45, 7) is 0. The molecule has 4 rings (SSSR count). The second-order valence-corrected chi connectivity index (χ2v) is 6.61. The van der Waals surface area contributed by atoms with Gasteiger partial charge in [0.25, 0.3) is 11.5 Å². The van der Waals surface area contributed by atoms with Crippen LogP contribution in [0.1, 0.15) is 22.2 Å². The molecule has 0 radical (unpaired) electrons. The Kier molecular flexibility index (Phi) is 4.80. The van der Waals surface area contributed by atoms with Crippen molar-refractivity contribution in [3.63, 3.8) is 0 Å². The third-order valence-electron chi connectivity index (χ3n) is 4.26. The Hall–Kier alpha value is -3.99. The first kappa shape index (κ1) is 19.3. The minimum atomic E-state index is -1.32. The van der Waals surface area contributed by atoms with E-state index in [1.165, 1.54) is 30.3 Å². The quantitative estimate of drug-likeness (QED) is 0.499. The average Bonchev–Trinajstić information content (AvgIpc) is 3.04. The zero-order chi connectivity index (χ0) is 21.4. The molecule has 3 heterocycles. The Morgan fingerprint density at radius 1 is 1.20 bits per heavy atom. The average molecular weight is 431 g/mol. The Morgan fingerprint density at radius 3 is 2.70 bits per heavy atom. The highest BCUT2D eigenvalue weighted by Crippen LogP contribution is 2.29. The Balaban J connectivity index is 1.77. The van der Waals surface area contributed by atoms with Gasteiger partial charge in [0.1, 0.15) is 41.3 Å². The van der Waals surface area contributed by atoms with E-state index >= 15 is 0 Å². The summed E-state index contributed by atoms with van der Waals surface area (Å²) in [7, 11) is 0. The van der Waals surface area contributed by atoms with Crippen molar-refractivity contribution in [1.82, 2.24) is 19.9 Å². The van der Waals surface area contributed by atoms with Crippen LogP contribution >= 0.6 is 11.6 Å². The van der Waals surface area contributed by atoms with Crippen LogP contribution < -0.4 is 21.5 Å². The molecule has 2 amide bonds. The molecule has 1 unspecified atom stereocenters. The standard InChI is InChI=1S/C18H12ClFN6O4/c19-10-5-11(23-12-6-13(22-7-21-12)24-18(29)30)17(28)26-14(10)16(27)25-15(26)8-2-1-3-9(20)4-8/h1-7,15H,(H,25,27)(H,29,30)(H2,21,22,23,24). The van der Waals surface area contributed by atoms with Gasteiger partial charge in [-0.15, -0.1) is 0 Å². The maximum atomic E-state index is 13.7. The molecule has 152 valence electrons. The minimum Gasteiger partial charge on any atom is -0.465 e. The van der Waals surface area contributed by atoms with Gasteiger partial charge in [-0.2, -0.15) is 0 Å². The number of aromatic nitrogens is 3. The first-order valence-corrected chi connectivity index (χ1v) is 8.81. The third kappa shape index (κ3) is 3.53. The van der Waals surface area contributed by atoms with E-state index in [1.807, 2.05) is 0 Å². The molecule has 2 aromatic heterocycles. The third-order valence-corrected chi connectivity index (χ3v) is 4.55. The van der Waals surface area contributed by atoms with E-state index in [4.69, 9.17) is 16.7 Å². The summed E-state index contributed by atoms with van der Waals surface area (Å²) in [5, 5.41) is 16.2. The van der Waals surface area contributed by atoms with Crippen molar-refractivity contribution in [2.75, 3.05) is 10.6 Å². The lowest BCUT2D eigenvalue weighted by molar-refractivity contribution is 0.0960. The maximum Gasteiger partial charge on any atom is 0.410 e.